The molecular weight excluding hydrogens is 296 g/mol. The van der Waals surface area contributed by atoms with Crippen LogP contribution in [-0.4, -0.2) is 24.3 Å². The van der Waals surface area contributed by atoms with Gasteiger partial charge < -0.3 is 13.9 Å². The van der Waals surface area contributed by atoms with Gasteiger partial charge in [0.25, 0.3) is 5.91 Å². The van der Waals surface area contributed by atoms with E-state index in [9.17, 15) is 4.79 Å². The number of rotatable bonds is 3. The summed E-state index contributed by atoms with van der Waals surface area (Å²) in [6, 6.07) is 9.13. The summed E-state index contributed by atoms with van der Waals surface area (Å²) in [6.45, 7) is 5.69. The third-order valence-corrected chi connectivity index (χ3v) is 3.57. The number of aryl methyl sites for hydroxylation is 2. The van der Waals surface area contributed by atoms with Crippen LogP contribution in [0.15, 0.2) is 39.9 Å². The lowest BCUT2D eigenvalue weighted by atomic mass is 10.2. The van der Waals surface area contributed by atoms with Crippen molar-refractivity contribution < 1.29 is 18.7 Å². The zero-order chi connectivity index (χ0) is 16.4. The molecule has 1 atom stereocenters. The summed E-state index contributed by atoms with van der Waals surface area (Å²) >= 11 is 0. The Morgan fingerprint density at radius 3 is 2.70 bits per heavy atom. The Balaban J connectivity index is 1.66. The molecule has 1 aromatic heterocycles. The molecule has 0 spiro atoms. The second kappa shape index (κ2) is 6.16. The van der Waals surface area contributed by atoms with Gasteiger partial charge in [0.2, 0.25) is 6.10 Å². The maximum atomic E-state index is 12.2. The molecular formula is C17H18N2O4. The van der Waals surface area contributed by atoms with E-state index >= 15 is 0 Å². The normalized spacial score (nSPS) is 17.0. The first-order valence-corrected chi connectivity index (χ1v) is 7.34. The Kier molecular flexibility index (Phi) is 4.06. The molecule has 2 aromatic rings. The lowest BCUT2D eigenvalue weighted by molar-refractivity contribution is -0.130. The first-order valence-electron chi connectivity index (χ1n) is 7.34. The van der Waals surface area contributed by atoms with Crippen molar-refractivity contribution >= 4 is 11.6 Å². The average molecular weight is 314 g/mol. The molecule has 0 unspecified atom stereocenters. The molecule has 0 fully saturated rings. The molecule has 1 aliphatic heterocycles. The topological polar surface area (TPSA) is 73.1 Å². The van der Waals surface area contributed by atoms with Gasteiger partial charge in [-0.3, -0.25) is 4.79 Å². The predicted molar refractivity (Wildman–Crippen MR) is 84.9 cm³/mol. The molecule has 23 heavy (non-hydrogen) atoms. The maximum Gasteiger partial charge on any atom is 0.284 e. The van der Waals surface area contributed by atoms with Crippen LogP contribution in [0, 0.1) is 13.8 Å². The molecule has 1 aromatic carbocycles. The number of hydrogen-bond donors (Lipinski definition) is 1. The SMILES string of the molecule is C/C(=N/NC(=O)[C@@H]1COc2ccccc2O1)c1cc(C)oc1C. The molecule has 0 radical (unpaired) electrons. The van der Waals surface area contributed by atoms with Gasteiger partial charge in [-0.2, -0.15) is 5.10 Å². The summed E-state index contributed by atoms with van der Waals surface area (Å²) < 4.78 is 16.6. The van der Waals surface area contributed by atoms with Crippen LogP contribution in [0.3, 0.4) is 0 Å². The zero-order valence-electron chi connectivity index (χ0n) is 13.3. The van der Waals surface area contributed by atoms with Crippen molar-refractivity contribution in [3.05, 3.63) is 47.4 Å². The van der Waals surface area contributed by atoms with E-state index in [2.05, 4.69) is 10.5 Å². The second-order valence-electron chi connectivity index (χ2n) is 5.36. The van der Waals surface area contributed by atoms with Gasteiger partial charge in [0.05, 0.1) is 5.71 Å². The zero-order valence-corrected chi connectivity index (χ0v) is 13.3. The highest BCUT2D eigenvalue weighted by Gasteiger charge is 2.27. The van der Waals surface area contributed by atoms with Crippen molar-refractivity contribution in [1.29, 1.82) is 0 Å². The lowest BCUT2D eigenvalue weighted by Gasteiger charge is -2.24. The van der Waals surface area contributed by atoms with Crippen LogP contribution in [0.5, 0.6) is 11.5 Å². The molecule has 0 bridgehead atoms. The number of benzene rings is 1. The van der Waals surface area contributed by atoms with Crippen LogP contribution in [0.4, 0.5) is 0 Å². The smallest absolute Gasteiger partial charge is 0.284 e. The molecule has 1 amide bonds. The van der Waals surface area contributed by atoms with Crippen molar-refractivity contribution in [3.63, 3.8) is 0 Å². The molecule has 2 heterocycles. The number of furan rings is 1. The highest BCUT2D eigenvalue weighted by atomic mass is 16.6. The molecule has 6 heteroatoms. The summed E-state index contributed by atoms with van der Waals surface area (Å²) in [6.07, 6.45) is -0.728. The number of ether oxygens (including phenoxy) is 2. The summed E-state index contributed by atoms with van der Waals surface area (Å²) in [5.74, 6) is 2.42. The van der Waals surface area contributed by atoms with Gasteiger partial charge in [-0.05, 0) is 39.0 Å². The Morgan fingerprint density at radius 2 is 2.00 bits per heavy atom. The predicted octanol–water partition coefficient (Wildman–Crippen LogP) is 2.58. The number of para-hydroxylation sites is 2. The Morgan fingerprint density at radius 1 is 1.26 bits per heavy atom. The van der Waals surface area contributed by atoms with Gasteiger partial charge in [-0.25, -0.2) is 5.43 Å². The number of hydrazone groups is 1. The van der Waals surface area contributed by atoms with E-state index in [4.69, 9.17) is 13.9 Å². The van der Waals surface area contributed by atoms with Crippen molar-refractivity contribution in [2.24, 2.45) is 5.10 Å². The largest absolute Gasteiger partial charge is 0.485 e. The Bertz CT molecular complexity index is 764. The third-order valence-electron chi connectivity index (χ3n) is 3.57. The van der Waals surface area contributed by atoms with E-state index in [1.807, 2.05) is 39.0 Å². The van der Waals surface area contributed by atoms with Crippen LogP contribution >= 0.6 is 0 Å². The fourth-order valence-electron chi connectivity index (χ4n) is 2.41. The fraction of sp³-hybridized carbons (Fsp3) is 0.294. The second-order valence-corrected chi connectivity index (χ2v) is 5.36. The number of nitrogens with one attached hydrogen (secondary N) is 1. The minimum atomic E-state index is -0.728. The standard InChI is InChI=1S/C17H18N2O4/c1-10-8-13(12(3)22-10)11(2)18-19-17(20)16-9-21-14-6-4-5-7-15(14)23-16/h4-8,16H,9H2,1-3H3,(H,19,20)/b18-11-/t16-/m0/s1. The Hall–Kier alpha value is -2.76. The maximum absolute atomic E-state index is 12.2. The van der Waals surface area contributed by atoms with Crippen molar-refractivity contribution in [2.75, 3.05) is 6.61 Å². The van der Waals surface area contributed by atoms with Crippen LogP contribution in [0.2, 0.25) is 0 Å². The van der Waals surface area contributed by atoms with Gasteiger partial charge >= 0.3 is 0 Å². The molecule has 0 saturated heterocycles. The third kappa shape index (κ3) is 3.21. The number of carbonyl (C=O) groups excluding carboxylic acids is 1. The Labute approximate surface area is 134 Å². The number of nitrogens with zero attached hydrogens (tertiary/aromatic N) is 1. The summed E-state index contributed by atoms with van der Waals surface area (Å²) in [5.41, 5.74) is 4.06. The first-order chi connectivity index (χ1) is 11.0. The minimum absolute atomic E-state index is 0.154. The van der Waals surface area contributed by atoms with Crippen LogP contribution < -0.4 is 14.9 Å². The molecule has 0 saturated carbocycles. The van der Waals surface area contributed by atoms with E-state index in [1.54, 1.807) is 12.1 Å². The molecule has 1 aliphatic rings. The molecule has 3 rings (SSSR count). The van der Waals surface area contributed by atoms with E-state index in [1.165, 1.54) is 0 Å². The van der Waals surface area contributed by atoms with E-state index in [0.717, 1.165) is 17.1 Å². The van der Waals surface area contributed by atoms with Crippen molar-refractivity contribution in [2.45, 2.75) is 26.9 Å². The van der Waals surface area contributed by atoms with Gasteiger partial charge in [-0.1, -0.05) is 12.1 Å². The molecule has 6 nitrogen and oxygen atoms in total. The lowest BCUT2D eigenvalue weighted by Crippen LogP contribution is -2.42. The van der Waals surface area contributed by atoms with E-state index in [-0.39, 0.29) is 12.5 Å². The van der Waals surface area contributed by atoms with Crippen molar-refractivity contribution in [1.82, 2.24) is 5.43 Å². The monoisotopic (exact) mass is 314 g/mol. The highest BCUT2D eigenvalue weighted by Crippen LogP contribution is 2.30. The van der Waals surface area contributed by atoms with Gasteiger partial charge in [0.15, 0.2) is 11.5 Å². The number of hydrogen-bond acceptors (Lipinski definition) is 5. The van der Waals surface area contributed by atoms with Gasteiger partial charge in [0.1, 0.15) is 18.1 Å². The van der Waals surface area contributed by atoms with Crippen LogP contribution in [0.1, 0.15) is 24.0 Å². The molecule has 0 aliphatic carbocycles. The first kappa shape index (κ1) is 15.1. The highest BCUT2D eigenvalue weighted by molar-refractivity contribution is 6.00. The van der Waals surface area contributed by atoms with Crippen LogP contribution in [0.25, 0.3) is 0 Å². The van der Waals surface area contributed by atoms with E-state index in [0.29, 0.717) is 17.2 Å². The number of amides is 1. The van der Waals surface area contributed by atoms with Gasteiger partial charge in [0, 0.05) is 5.56 Å². The summed E-state index contributed by atoms with van der Waals surface area (Å²) in [5, 5.41) is 4.12. The fourth-order valence-corrected chi connectivity index (χ4v) is 2.41. The quantitative estimate of drug-likeness (QED) is 0.698. The number of fused-ring (bicyclic) bond motifs is 1. The van der Waals surface area contributed by atoms with Gasteiger partial charge in [-0.15, -0.1) is 0 Å². The average Bonchev–Trinajstić information content (AvgIpc) is 2.90. The summed E-state index contributed by atoms with van der Waals surface area (Å²) in [7, 11) is 0. The van der Waals surface area contributed by atoms with E-state index < -0.39 is 6.10 Å². The van der Waals surface area contributed by atoms with Crippen LogP contribution in [-0.2, 0) is 4.79 Å². The van der Waals surface area contributed by atoms with Crippen molar-refractivity contribution in [3.8, 4) is 11.5 Å². The molecule has 1 N–H and O–H groups in total. The summed E-state index contributed by atoms with van der Waals surface area (Å²) in [4.78, 5) is 12.2. The number of carbonyl (C=O) groups is 1. The molecule has 120 valence electrons. The minimum Gasteiger partial charge on any atom is -0.485 e.